The van der Waals surface area contributed by atoms with E-state index in [1.165, 1.54) is 15.3 Å². The zero-order valence-electron chi connectivity index (χ0n) is 10.8. The van der Waals surface area contributed by atoms with Crippen molar-refractivity contribution in [2.24, 2.45) is 0 Å². The second kappa shape index (κ2) is 6.59. The molecule has 0 radical (unpaired) electrons. The first-order valence-corrected chi connectivity index (χ1v) is 7.66. The number of nitrogens with one attached hydrogen (secondary N) is 1. The highest BCUT2D eigenvalue weighted by Crippen LogP contribution is 2.24. The molecule has 0 saturated carbocycles. The molecule has 4 heteroatoms. The van der Waals surface area contributed by atoms with Crippen LogP contribution in [0.1, 0.15) is 11.1 Å². The number of amides is 1. The molecule has 2 aromatic rings. The number of carbonyl (C=O) groups is 1. The molecular formula is C15H15NOS2. The Labute approximate surface area is 121 Å². The van der Waals surface area contributed by atoms with Crippen molar-refractivity contribution in [3.8, 4) is 0 Å². The van der Waals surface area contributed by atoms with Gasteiger partial charge in [-0.05, 0) is 54.0 Å². The number of benzene rings is 1. The van der Waals surface area contributed by atoms with Crippen LogP contribution >= 0.6 is 23.1 Å². The number of anilines is 1. The van der Waals surface area contributed by atoms with E-state index in [2.05, 4.69) is 12.2 Å². The molecule has 0 atom stereocenters. The molecule has 98 valence electrons. The zero-order chi connectivity index (χ0) is 13.7. The van der Waals surface area contributed by atoms with Crippen LogP contribution in [0.3, 0.4) is 0 Å². The number of hydrogen-bond donors (Lipinski definition) is 1. The lowest BCUT2D eigenvalue weighted by Crippen LogP contribution is -2.07. The van der Waals surface area contributed by atoms with Gasteiger partial charge in [-0.2, -0.15) is 0 Å². The van der Waals surface area contributed by atoms with Crippen molar-refractivity contribution in [3.05, 3.63) is 58.3 Å². The molecule has 0 aliphatic carbocycles. The fourth-order valence-corrected chi connectivity index (χ4v) is 2.98. The second-order valence-corrected chi connectivity index (χ2v) is 6.29. The lowest BCUT2D eigenvalue weighted by Gasteiger charge is -2.05. The summed E-state index contributed by atoms with van der Waals surface area (Å²) in [5.41, 5.74) is 3.23. The van der Waals surface area contributed by atoms with Crippen LogP contribution in [0, 0.1) is 13.8 Å². The largest absolute Gasteiger partial charge is 0.322 e. The predicted octanol–water partition coefficient (Wildman–Crippen LogP) is 4.61. The summed E-state index contributed by atoms with van der Waals surface area (Å²) in [6.07, 6.45) is 1.56. The van der Waals surface area contributed by atoms with E-state index >= 15 is 0 Å². The zero-order valence-corrected chi connectivity index (χ0v) is 12.5. The van der Waals surface area contributed by atoms with Gasteiger partial charge in [-0.3, -0.25) is 4.79 Å². The molecule has 0 spiro atoms. The van der Waals surface area contributed by atoms with Crippen LogP contribution in [0.5, 0.6) is 0 Å². The number of carbonyl (C=O) groups excluding carboxylic acids is 1. The molecule has 0 unspecified atom stereocenters. The molecule has 0 saturated heterocycles. The normalized spacial score (nSPS) is 10.8. The average molecular weight is 289 g/mol. The van der Waals surface area contributed by atoms with Crippen molar-refractivity contribution >= 4 is 34.7 Å². The Morgan fingerprint density at radius 2 is 2.11 bits per heavy atom. The number of thioether (sulfide) groups is 1. The van der Waals surface area contributed by atoms with Crippen molar-refractivity contribution in [3.63, 3.8) is 0 Å². The van der Waals surface area contributed by atoms with E-state index in [0.717, 1.165) is 5.69 Å². The van der Waals surface area contributed by atoms with Gasteiger partial charge in [0.05, 0.1) is 4.21 Å². The van der Waals surface area contributed by atoms with Gasteiger partial charge >= 0.3 is 0 Å². The smallest absolute Gasteiger partial charge is 0.248 e. The Morgan fingerprint density at radius 3 is 2.79 bits per heavy atom. The molecule has 0 fully saturated rings. The third-order valence-electron chi connectivity index (χ3n) is 2.67. The minimum Gasteiger partial charge on any atom is -0.322 e. The topological polar surface area (TPSA) is 29.1 Å². The van der Waals surface area contributed by atoms with Crippen molar-refractivity contribution < 1.29 is 4.79 Å². The first-order chi connectivity index (χ1) is 9.15. The lowest BCUT2D eigenvalue weighted by atomic mass is 10.1. The fraction of sp³-hybridized carbons (Fsp3) is 0.133. The maximum Gasteiger partial charge on any atom is 0.248 e. The summed E-state index contributed by atoms with van der Waals surface area (Å²) < 4.78 is 1.18. The molecule has 1 aromatic heterocycles. The first-order valence-electron chi connectivity index (χ1n) is 5.90. The second-order valence-electron chi connectivity index (χ2n) is 4.14. The van der Waals surface area contributed by atoms with Gasteiger partial charge in [-0.15, -0.1) is 11.3 Å². The average Bonchev–Trinajstić information content (AvgIpc) is 2.87. The van der Waals surface area contributed by atoms with Crippen LogP contribution < -0.4 is 5.32 Å². The summed E-state index contributed by atoms with van der Waals surface area (Å²) in [4.78, 5) is 11.7. The Morgan fingerprint density at radius 1 is 1.26 bits per heavy atom. The Balaban J connectivity index is 1.90. The quantitative estimate of drug-likeness (QED) is 0.658. The van der Waals surface area contributed by atoms with Crippen LogP contribution in [0.15, 0.2) is 51.4 Å². The molecule has 0 aliphatic rings. The summed E-state index contributed by atoms with van der Waals surface area (Å²) in [5, 5.41) is 6.68. The SMILES string of the molecule is Cc1ccc(NC(=O)C=CSc2cccs2)cc1C. The molecule has 2 nitrogen and oxygen atoms in total. The lowest BCUT2D eigenvalue weighted by molar-refractivity contribution is -0.111. The van der Waals surface area contributed by atoms with Gasteiger partial charge in [0.1, 0.15) is 0 Å². The standard InChI is InChI=1S/C15H15NOS2/c1-11-5-6-13(10-12(11)2)16-14(17)7-9-19-15-4-3-8-18-15/h3-10H,1-2H3,(H,16,17). The molecular weight excluding hydrogens is 274 g/mol. The van der Waals surface area contributed by atoms with Crippen LogP contribution in [0.4, 0.5) is 5.69 Å². The van der Waals surface area contributed by atoms with E-state index in [4.69, 9.17) is 0 Å². The molecule has 0 bridgehead atoms. The summed E-state index contributed by atoms with van der Waals surface area (Å²) in [6.45, 7) is 4.09. The number of rotatable bonds is 4. The van der Waals surface area contributed by atoms with E-state index in [1.54, 1.807) is 29.2 Å². The van der Waals surface area contributed by atoms with Crippen molar-refractivity contribution in [1.29, 1.82) is 0 Å². The van der Waals surface area contributed by atoms with Gasteiger partial charge < -0.3 is 5.32 Å². The van der Waals surface area contributed by atoms with E-state index in [-0.39, 0.29) is 5.91 Å². The highest BCUT2D eigenvalue weighted by atomic mass is 32.2. The van der Waals surface area contributed by atoms with Gasteiger partial charge in [-0.1, -0.05) is 23.9 Å². The maximum atomic E-state index is 11.7. The van der Waals surface area contributed by atoms with Crippen LogP contribution in [-0.2, 0) is 4.79 Å². The van der Waals surface area contributed by atoms with Gasteiger partial charge in [0.2, 0.25) is 5.91 Å². The molecule has 1 heterocycles. The third-order valence-corrected chi connectivity index (χ3v) is 4.55. The summed E-state index contributed by atoms with van der Waals surface area (Å²) >= 11 is 3.21. The molecule has 2 rings (SSSR count). The molecule has 1 aromatic carbocycles. The summed E-state index contributed by atoms with van der Waals surface area (Å²) in [5.74, 6) is -0.104. The van der Waals surface area contributed by atoms with Crippen molar-refractivity contribution in [2.45, 2.75) is 18.1 Å². The fourth-order valence-electron chi connectivity index (χ4n) is 1.50. The van der Waals surface area contributed by atoms with Gasteiger partial charge in [0, 0.05) is 11.8 Å². The number of aryl methyl sites for hydroxylation is 2. The minimum absolute atomic E-state index is 0.104. The van der Waals surface area contributed by atoms with E-state index in [1.807, 2.05) is 48.0 Å². The van der Waals surface area contributed by atoms with Gasteiger partial charge in [0.15, 0.2) is 0 Å². The van der Waals surface area contributed by atoms with E-state index in [0.29, 0.717) is 0 Å². The Kier molecular flexibility index (Phi) is 4.82. The first kappa shape index (κ1) is 13.9. The molecule has 0 aliphatic heterocycles. The van der Waals surface area contributed by atoms with Crippen molar-refractivity contribution in [2.75, 3.05) is 5.32 Å². The van der Waals surface area contributed by atoms with E-state index in [9.17, 15) is 4.79 Å². The van der Waals surface area contributed by atoms with E-state index < -0.39 is 0 Å². The predicted molar refractivity (Wildman–Crippen MR) is 83.9 cm³/mol. The molecule has 1 N–H and O–H groups in total. The number of thiophene rings is 1. The molecule has 1 amide bonds. The summed E-state index contributed by atoms with van der Waals surface area (Å²) in [7, 11) is 0. The third kappa shape index (κ3) is 4.26. The van der Waals surface area contributed by atoms with Gasteiger partial charge in [0.25, 0.3) is 0 Å². The number of hydrogen-bond acceptors (Lipinski definition) is 3. The summed E-state index contributed by atoms with van der Waals surface area (Å²) in [6, 6.07) is 9.93. The van der Waals surface area contributed by atoms with Crippen molar-refractivity contribution in [1.82, 2.24) is 0 Å². The van der Waals surface area contributed by atoms with Gasteiger partial charge in [-0.25, -0.2) is 0 Å². The highest BCUT2D eigenvalue weighted by Gasteiger charge is 1.99. The molecule has 19 heavy (non-hydrogen) atoms. The van der Waals surface area contributed by atoms with Crippen LogP contribution in [0.2, 0.25) is 0 Å². The Hall–Kier alpha value is -1.52. The maximum absolute atomic E-state index is 11.7. The van der Waals surface area contributed by atoms with Crippen LogP contribution in [-0.4, -0.2) is 5.91 Å². The minimum atomic E-state index is -0.104. The monoisotopic (exact) mass is 289 g/mol. The highest BCUT2D eigenvalue weighted by molar-refractivity contribution is 8.03. The Bertz CT molecular complexity index is 588. The van der Waals surface area contributed by atoms with Crippen LogP contribution in [0.25, 0.3) is 0 Å².